The number of aromatic nitrogens is 2. The van der Waals surface area contributed by atoms with Crippen LogP contribution in [0.5, 0.6) is 11.6 Å². The van der Waals surface area contributed by atoms with Gasteiger partial charge in [-0.15, -0.1) is 0 Å². The summed E-state index contributed by atoms with van der Waals surface area (Å²) in [4.78, 5) is 28.6. The highest BCUT2D eigenvalue weighted by Gasteiger charge is 2.20. The minimum atomic E-state index is -1.33. The van der Waals surface area contributed by atoms with Crippen molar-refractivity contribution in [3.63, 3.8) is 0 Å². The Morgan fingerprint density at radius 3 is 2.70 bits per heavy atom. The Bertz CT molecular complexity index is 687. The van der Waals surface area contributed by atoms with Crippen LogP contribution in [0.1, 0.15) is 16.1 Å². The molecule has 20 heavy (non-hydrogen) atoms. The van der Waals surface area contributed by atoms with Gasteiger partial charge in [0.2, 0.25) is 11.4 Å². The van der Waals surface area contributed by atoms with E-state index in [1.807, 2.05) is 0 Å². The van der Waals surface area contributed by atoms with Crippen LogP contribution in [-0.4, -0.2) is 26.0 Å². The fourth-order valence-corrected chi connectivity index (χ4v) is 1.50. The van der Waals surface area contributed by atoms with Gasteiger partial charge in [0.05, 0.1) is 4.92 Å². The number of ether oxygens (including phenoxy) is 1. The molecule has 0 radical (unpaired) electrons. The summed E-state index contributed by atoms with van der Waals surface area (Å²) in [7, 11) is 0. The van der Waals surface area contributed by atoms with Crippen LogP contribution >= 0.6 is 0 Å². The zero-order chi connectivity index (χ0) is 14.7. The summed E-state index contributed by atoms with van der Waals surface area (Å²) < 4.78 is 5.25. The van der Waals surface area contributed by atoms with E-state index < -0.39 is 16.6 Å². The fraction of sp³-hybridized carbons (Fsp3) is 0.0833. The number of carboxylic acid groups (broad SMARTS) is 1. The number of rotatable bonds is 4. The first-order valence-corrected chi connectivity index (χ1v) is 5.46. The summed E-state index contributed by atoms with van der Waals surface area (Å²) in [5.74, 6) is -1.71. The molecule has 0 saturated heterocycles. The minimum absolute atomic E-state index is 0.0852. The quantitative estimate of drug-likeness (QED) is 0.671. The van der Waals surface area contributed by atoms with Crippen molar-refractivity contribution in [3.8, 4) is 11.6 Å². The Kier molecular flexibility index (Phi) is 3.56. The third kappa shape index (κ3) is 2.69. The monoisotopic (exact) mass is 275 g/mol. The molecule has 0 atom stereocenters. The highest BCUT2D eigenvalue weighted by molar-refractivity contribution is 5.87. The average molecular weight is 275 g/mol. The molecule has 0 unspecified atom stereocenters. The molecule has 0 amide bonds. The molecule has 2 rings (SSSR count). The molecule has 102 valence electrons. The zero-order valence-corrected chi connectivity index (χ0v) is 10.3. The zero-order valence-electron chi connectivity index (χ0n) is 10.3. The van der Waals surface area contributed by atoms with E-state index in [9.17, 15) is 14.9 Å². The molecule has 0 fully saturated rings. The second-order valence-corrected chi connectivity index (χ2v) is 3.85. The smallest absolute Gasteiger partial charge is 0.360 e. The summed E-state index contributed by atoms with van der Waals surface area (Å²) in [5.41, 5.74) is 0.0345. The van der Waals surface area contributed by atoms with Crippen molar-refractivity contribution in [2.24, 2.45) is 0 Å². The second kappa shape index (κ2) is 5.31. The highest BCUT2D eigenvalue weighted by Crippen LogP contribution is 2.32. The Labute approximate surface area is 112 Å². The fourth-order valence-electron chi connectivity index (χ4n) is 1.50. The van der Waals surface area contributed by atoms with Crippen molar-refractivity contribution >= 4 is 11.7 Å². The summed E-state index contributed by atoms with van der Waals surface area (Å²) in [6.07, 6.45) is 2.43. The highest BCUT2D eigenvalue weighted by atomic mass is 16.6. The maximum Gasteiger partial charge on any atom is 0.360 e. The molecule has 1 N–H and O–H groups in total. The van der Waals surface area contributed by atoms with Gasteiger partial charge < -0.3 is 9.84 Å². The molecule has 1 aromatic heterocycles. The van der Waals surface area contributed by atoms with Crippen molar-refractivity contribution in [1.82, 2.24) is 9.97 Å². The topological polar surface area (TPSA) is 115 Å². The van der Waals surface area contributed by atoms with E-state index in [2.05, 4.69) is 9.97 Å². The first kappa shape index (κ1) is 13.4. The van der Waals surface area contributed by atoms with E-state index in [-0.39, 0.29) is 17.3 Å². The maximum atomic E-state index is 11.0. The standard InChI is InChI=1S/C12H9N3O5/c1-7-2-3-8(15(18)19)9(6-7)20-11-10(12(16)17)13-4-5-14-11/h2-6H,1H3,(H,16,17). The maximum absolute atomic E-state index is 11.0. The number of hydrogen-bond donors (Lipinski definition) is 1. The SMILES string of the molecule is Cc1ccc([N+](=O)[O-])c(Oc2nccnc2C(=O)O)c1. The molecular formula is C12H9N3O5. The van der Waals surface area contributed by atoms with E-state index in [4.69, 9.17) is 9.84 Å². The third-order valence-electron chi connectivity index (χ3n) is 2.39. The number of aromatic carboxylic acids is 1. The van der Waals surface area contributed by atoms with Crippen LogP contribution in [0.25, 0.3) is 0 Å². The molecule has 0 bridgehead atoms. The molecule has 0 aliphatic heterocycles. The number of aryl methyl sites for hydroxylation is 1. The van der Waals surface area contributed by atoms with Crippen molar-refractivity contribution in [1.29, 1.82) is 0 Å². The number of nitro groups is 1. The number of carbonyl (C=O) groups is 1. The van der Waals surface area contributed by atoms with E-state index in [1.54, 1.807) is 13.0 Å². The van der Waals surface area contributed by atoms with E-state index >= 15 is 0 Å². The number of nitro benzene ring substituents is 1. The van der Waals surface area contributed by atoms with Crippen LogP contribution in [0.15, 0.2) is 30.6 Å². The lowest BCUT2D eigenvalue weighted by molar-refractivity contribution is -0.385. The van der Waals surface area contributed by atoms with Gasteiger partial charge in [0, 0.05) is 18.5 Å². The van der Waals surface area contributed by atoms with Crippen LogP contribution in [0, 0.1) is 17.0 Å². The summed E-state index contributed by atoms with van der Waals surface area (Å²) >= 11 is 0. The Morgan fingerprint density at radius 1 is 1.35 bits per heavy atom. The molecule has 8 nitrogen and oxygen atoms in total. The van der Waals surface area contributed by atoms with Gasteiger partial charge in [-0.25, -0.2) is 14.8 Å². The van der Waals surface area contributed by atoms with Crippen molar-refractivity contribution in [2.45, 2.75) is 6.92 Å². The minimum Gasteiger partial charge on any atom is -0.476 e. The van der Waals surface area contributed by atoms with E-state index in [0.717, 1.165) is 5.56 Å². The lowest BCUT2D eigenvalue weighted by atomic mass is 10.2. The number of hydrogen-bond acceptors (Lipinski definition) is 6. The summed E-state index contributed by atoms with van der Waals surface area (Å²) in [6, 6.07) is 4.26. The number of nitrogens with zero attached hydrogens (tertiary/aromatic N) is 3. The normalized spacial score (nSPS) is 10.1. The molecule has 0 aliphatic carbocycles. The van der Waals surface area contributed by atoms with Gasteiger partial charge in [-0.05, 0) is 18.6 Å². The van der Waals surface area contributed by atoms with Crippen LogP contribution in [0.2, 0.25) is 0 Å². The van der Waals surface area contributed by atoms with Crippen LogP contribution in [0.4, 0.5) is 5.69 Å². The molecule has 1 heterocycles. The molecule has 0 aliphatic rings. The van der Waals surface area contributed by atoms with Crippen LogP contribution in [0.3, 0.4) is 0 Å². The Morgan fingerprint density at radius 2 is 2.05 bits per heavy atom. The van der Waals surface area contributed by atoms with Crippen molar-refractivity contribution in [3.05, 3.63) is 52.0 Å². The number of benzene rings is 1. The largest absolute Gasteiger partial charge is 0.476 e. The first-order valence-electron chi connectivity index (χ1n) is 5.46. The van der Waals surface area contributed by atoms with Crippen LogP contribution in [-0.2, 0) is 0 Å². The molecule has 8 heteroatoms. The second-order valence-electron chi connectivity index (χ2n) is 3.85. The molecular weight excluding hydrogens is 266 g/mol. The summed E-state index contributed by atoms with van der Waals surface area (Å²) in [5, 5.41) is 19.9. The van der Waals surface area contributed by atoms with Gasteiger partial charge in [-0.3, -0.25) is 10.1 Å². The van der Waals surface area contributed by atoms with E-state index in [1.165, 1.54) is 24.5 Å². The predicted octanol–water partition coefficient (Wildman–Crippen LogP) is 2.18. The van der Waals surface area contributed by atoms with Crippen molar-refractivity contribution < 1.29 is 19.6 Å². The van der Waals surface area contributed by atoms with Gasteiger partial charge >= 0.3 is 11.7 Å². The average Bonchev–Trinajstić information content (AvgIpc) is 2.38. The molecule has 0 saturated carbocycles. The molecule has 0 spiro atoms. The van der Waals surface area contributed by atoms with Gasteiger partial charge in [-0.2, -0.15) is 0 Å². The van der Waals surface area contributed by atoms with Crippen molar-refractivity contribution in [2.75, 3.05) is 0 Å². The number of carboxylic acids is 1. The third-order valence-corrected chi connectivity index (χ3v) is 2.39. The van der Waals surface area contributed by atoms with Crippen LogP contribution < -0.4 is 4.74 Å². The van der Waals surface area contributed by atoms with Gasteiger partial charge in [0.15, 0.2) is 0 Å². The lowest BCUT2D eigenvalue weighted by Gasteiger charge is -2.07. The first-order chi connectivity index (χ1) is 9.49. The Hall–Kier alpha value is -3.03. The summed E-state index contributed by atoms with van der Waals surface area (Å²) in [6.45, 7) is 1.73. The molecule has 1 aromatic carbocycles. The lowest BCUT2D eigenvalue weighted by Crippen LogP contribution is -2.05. The predicted molar refractivity (Wildman–Crippen MR) is 66.9 cm³/mol. The van der Waals surface area contributed by atoms with Gasteiger partial charge in [0.25, 0.3) is 5.88 Å². The molecule has 2 aromatic rings. The van der Waals surface area contributed by atoms with E-state index in [0.29, 0.717) is 0 Å². The van der Waals surface area contributed by atoms with Gasteiger partial charge in [0.1, 0.15) is 0 Å². The van der Waals surface area contributed by atoms with Gasteiger partial charge in [-0.1, -0.05) is 6.07 Å². The Balaban J connectivity index is 2.47.